The number of aliphatic hydroxyl groups excluding tert-OH is 1. The highest BCUT2D eigenvalue weighted by atomic mass is 35.5. The van der Waals surface area contributed by atoms with Gasteiger partial charge in [0.15, 0.2) is 0 Å². The maximum absolute atomic E-state index is 9.31. The van der Waals surface area contributed by atoms with Gasteiger partial charge >= 0.3 is 0 Å². The second-order valence-electron chi connectivity index (χ2n) is 4.91. The molecule has 0 fully saturated rings. The number of rotatable bonds is 11. The molecule has 2 atom stereocenters. The van der Waals surface area contributed by atoms with E-state index in [0.717, 1.165) is 12.0 Å². The van der Waals surface area contributed by atoms with Gasteiger partial charge < -0.3 is 19.3 Å². The summed E-state index contributed by atoms with van der Waals surface area (Å²) in [6, 6.07) is 7.60. The molecule has 4 nitrogen and oxygen atoms in total. The molecule has 1 aromatic carbocycles. The fourth-order valence-electron chi connectivity index (χ4n) is 1.53. The number of alkyl halides is 1. The average Bonchev–Trinajstić information content (AvgIpc) is 2.53. The fraction of sp³-hybridized carbons (Fsp3) is 0.625. The molecule has 0 aliphatic heterocycles. The standard InChI is InChI=1S/C16H25ClO4/c1-3-13(2)20-9-8-19-11-14-4-6-16(7-5-14)21-12-15(18)10-17/h4-7,13,15,18H,3,8-12H2,1-2H3. The Bertz CT molecular complexity index is 369. The Morgan fingerprint density at radius 1 is 1.19 bits per heavy atom. The zero-order valence-corrected chi connectivity index (χ0v) is 13.5. The molecule has 0 amide bonds. The van der Waals surface area contributed by atoms with Crippen molar-refractivity contribution in [3.8, 4) is 5.75 Å². The monoisotopic (exact) mass is 316 g/mol. The van der Waals surface area contributed by atoms with Crippen LogP contribution >= 0.6 is 11.6 Å². The zero-order valence-electron chi connectivity index (χ0n) is 12.8. The first-order chi connectivity index (χ1) is 10.2. The van der Waals surface area contributed by atoms with E-state index in [1.54, 1.807) is 0 Å². The predicted molar refractivity (Wildman–Crippen MR) is 84.0 cm³/mol. The van der Waals surface area contributed by atoms with Crippen LogP contribution in [0.2, 0.25) is 0 Å². The summed E-state index contributed by atoms with van der Waals surface area (Å²) in [7, 11) is 0. The van der Waals surface area contributed by atoms with E-state index in [1.165, 1.54) is 0 Å². The van der Waals surface area contributed by atoms with E-state index in [0.29, 0.717) is 25.6 Å². The smallest absolute Gasteiger partial charge is 0.119 e. The highest BCUT2D eigenvalue weighted by Gasteiger charge is 2.03. The van der Waals surface area contributed by atoms with E-state index in [4.69, 9.17) is 25.8 Å². The van der Waals surface area contributed by atoms with Crippen LogP contribution in [0.25, 0.3) is 0 Å². The first kappa shape index (κ1) is 18.2. The number of halogens is 1. The van der Waals surface area contributed by atoms with Crippen LogP contribution in [0.15, 0.2) is 24.3 Å². The molecule has 1 rings (SSSR count). The van der Waals surface area contributed by atoms with E-state index < -0.39 is 6.10 Å². The van der Waals surface area contributed by atoms with Crippen molar-refractivity contribution in [2.45, 2.75) is 39.1 Å². The van der Waals surface area contributed by atoms with Crippen molar-refractivity contribution < 1.29 is 19.3 Å². The minimum Gasteiger partial charge on any atom is -0.491 e. The molecule has 0 bridgehead atoms. The van der Waals surface area contributed by atoms with Crippen LogP contribution < -0.4 is 4.74 Å². The van der Waals surface area contributed by atoms with Crippen LogP contribution in [-0.4, -0.2) is 43.0 Å². The Hall–Kier alpha value is -0.810. The van der Waals surface area contributed by atoms with Crippen molar-refractivity contribution in [2.24, 2.45) is 0 Å². The van der Waals surface area contributed by atoms with Crippen LogP contribution in [0, 0.1) is 0 Å². The van der Waals surface area contributed by atoms with Gasteiger partial charge in [0, 0.05) is 0 Å². The summed E-state index contributed by atoms with van der Waals surface area (Å²) in [4.78, 5) is 0. The second kappa shape index (κ2) is 10.9. The van der Waals surface area contributed by atoms with Crippen molar-refractivity contribution in [1.29, 1.82) is 0 Å². The molecule has 0 aliphatic carbocycles. The molecular formula is C16H25ClO4. The minimum atomic E-state index is -0.639. The Labute approximate surface area is 132 Å². The lowest BCUT2D eigenvalue weighted by Crippen LogP contribution is -2.18. The zero-order chi connectivity index (χ0) is 15.5. The first-order valence-electron chi connectivity index (χ1n) is 7.30. The van der Waals surface area contributed by atoms with Crippen molar-refractivity contribution >= 4 is 11.6 Å². The fourth-order valence-corrected chi connectivity index (χ4v) is 1.62. The van der Waals surface area contributed by atoms with Crippen molar-refractivity contribution in [3.05, 3.63) is 29.8 Å². The number of ether oxygens (including phenoxy) is 3. The van der Waals surface area contributed by atoms with Crippen LogP contribution in [0.4, 0.5) is 0 Å². The predicted octanol–water partition coefficient (Wildman–Crippen LogP) is 3.00. The lowest BCUT2D eigenvalue weighted by atomic mass is 10.2. The molecule has 0 aliphatic rings. The Morgan fingerprint density at radius 2 is 1.90 bits per heavy atom. The van der Waals surface area contributed by atoms with Crippen molar-refractivity contribution in [1.82, 2.24) is 0 Å². The highest BCUT2D eigenvalue weighted by molar-refractivity contribution is 6.18. The third kappa shape index (κ3) is 8.27. The summed E-state index contributed by atoms with van der Waals surface area (Å²) < 4.78 is 16.5. The van der Waals surface area contributed by atoms with E-state index >= 15 is 0 Å². The molecule has 0 radical (unpaired) electrons. The van der Waals surface area contributed by atoms with E-state index in [-0.39, 0.29) is 18.6 Å². The number of hydrogen-bond donors (Lipinski definition) is 1. The summed E-state index contributed by atoms with van der Waals surface area (Å²) in [5.74, 6) is 0.882. The summed E-state index contributed by atoms with van der Waals surface area (Å²) in [6.45, 7) is 6.11. The third-order valence-corrected chi connectivity index (χ3v) is 3.37. The Kier molecular flexibility index (Phi) is 9.42. The summed E-state index contributed by atoms with van der Waals surface area (Å²) in [5, 5.41) is 9.31. The van der Waals surface area contributed by atoms with Gasteiger partial charge in [-0.3, -0.25) is 0 Å². The third-order valence-electron chi connectivity index (χ3n) is 3.02. The lowest BCUT2D eigenvalue weighted by Gasteiger charge is -2.11. The Morgan fingerprint density at radius 3 is 2.52 bits per heavy atom. The van der Waals surface area contributed by atoms with Crippen molar-refractivity contribution in [2.75, 3.05) is 25.7 Å². The largest absolute Gasteiger partial charge is 0.491 e. The van der Waals surface area contributed by atoms with Gasteiger partial charge in [-0.1, -0.05) is 19.1 Å². The normalized spacial score (nSPS) is 13.9. The molecule has 2 unspecified atom stereocenters. The van der Waals surface area contributed by atoms with Gasteiger partial charge in [0.25, 0.3) is 0 Å². The molecule has 1 aromatic rings. The summed E-state index contributed by atoms with van der Waals surface area (Å²) in [5.41, 5.74) is 1.07. The molecule has 0 saturated heterocycles. The number of hydrogen-bond acceptors (Lipinski definition) is 4. The van der Waals surface area contributed by atoms with Crippen molar-refractivity contribution in [3.63, 3.8) is 0 Å². The average molecular weight is 317 g/mol. The summed E-state index contributed by atoms with van der Waals surface area (Å²) in [6.07, 6.45) is 0.661. The summed E-state index contributed by atoms with van der Waals surface area (Å²) >= 11 is 5.50. The Balaban J connectivity index is 2.19. The van der Waals surface area contributed by atoms with Gasteiger partial charge in [0.2, 0.25) is 0 Å². The molecule has 120 valence electrons. The van der Waals surface area contributed by atoms with Crippen LogP contribution in [0.1, 0.15) is 25.8 Å². The van der Waals surface area contributed by atoms with Crippen LogP contribution in [0.5, 0.6) is 5.75 Å². The quantitative estimate of drug-likeness (QED) is 0.503. The lowest BCUT2D eigenvalue weighted by molar-refractivity contribution is 0.00632. The van der Waals surface area contributed by atoms with Gasteiger partial charge in [0.05, 0.1) is 31.8 Å². The van der Waals surface area contributed by atoms with Crippen LogP contribution in [-0.2, 0) is 16.1 Å². The number of benzene rings is 1. The SMILES string of the molecule is CCC(C)OCCOCc1ccc(OCC(O)CCl)cc1. The maximum Gasteiger partial charge on any atom is 0.119 e. The van der Waals surface area contributed by atoms with E-state index in [1.807, 2.05) is 24.3 Å². The topological polar surface area (TPSA) is 47.9 Å². The van der Waals surface area contributed by atoms with E-state index in [9.17, 15) is 5.11 Å². The number of aliphatic hydroxyl groups is 1. The second-order valence-corrected chi connectivity index (χ2v) is 5.21. The molecule has 5 heteroatoms. The molecule has 0 aromatic heterocycles. The molecular weight excluding hydrogens is 292 g/mol. The molecule has 21 heavy (non-hydrogen) atoms. The van der Waals surface area contributed by atoms with E-state index in [2.05, 4.69) is 13.8 Å². The first-order valence-corrected chi connectivity index (χ1v) is 7.84. The minimum absolute atomic E-state index is 0.171. The maximum atomic E-state index is 9.31. The molecule has 0 spiro atoms. The molecule has 0 heterocycles. The van der Waals surface area contributed by atoms with Gasteiger partial charge in [-0.25, -0.2) is 0 Å². The van der Waals surface area contributed by atoms with Gasteiger partial charge in [-0.15, -0.1) is 11.6 Å². The highest BCUT2D eigenvalue weighted by Crippen LogP contribution is 2.13. The molecule has 0 saturated carbocycles. The van der Waals surface area contributed by atoms with Gasteiger partial charge in [-0.2, -0.15) is 0 Å². The van der Waals surface area contributed by atoms with Gasteiger partial charge in [0.1, 0.15) is 18.5 Å². The van der Waals surface area contributed by atoms with Crippen LogP contribution in [0.3, 0.4) is 0 Å². The molecule has 1 N–H and O–H groups in total. The van der Waals surface area contributed by atoms with Gasteiger partial charge in [-0.05, 0) is 31.0 Å².